The number of esters is 2. The van der Waals surface area contributed by atoms with E-state index in [1.54, 1.807) is 24.0 Å². The van der Waals surface area contributed by atoms with Crippen molar-refractivity contribution >= 4 is 35.4 Å². The lowest BCUT2D eigenvalue weighted by molar-refractivity contribution is -0.149. The Kier molecular flexibility index (Phi) is 25.6. The first-order valence-electron chi connectivity index (χ1n) is 33.2. The molecule has 0 bridgehead atoms. The Labute approximate surface area is 553 Å². The van der Waals surface area contributed by atoms with Crippen molar-refractivity contribution in [3.8, 4) is 23.3 Å². The summed E-state index contributed by atoms with van der Waals surface area (Å²) in [5.74, 6) is -1.17. The minimum atomic E-state index is -0.644. The van der Waals surface area contributed by atoms with Gasteiger partial charge in [0.05, 0.1) is 24.3 Å². The van der Waals surface area contributed by atoms with Gasteiger partial charge in [-0.05, 0) is 117 Å². The van der Waals surface area contributed by atoms with Gasteiger partial charge in [0.15, 0.2) is 11.6 Å². The second-order valence-electron chi connectivity index (χ2n) is 27.2. The normalized spacial score (nSPS) is 17.6. The van der Waals surface area contributed by atoms with E-state index in [1.165, 1.54) is 61.2 Å². The highest BCUT2D eigenvalue weighted by molar-refractivity contribution is 5.98. The highest BCUT2D eigenvalue weighted by Gasteiger charge is 2.52. The summed E-state index contributed by atoms with van der Waals surface area (Å²) >= 11 is 0. The van der Waals surface area contributed by atoms with Crippen molar-refractivity contribution in [3.05, 3.63) is 84.0 Å². The maximum Gasteiger partial charge on any atom is 0.331 e. The number of benzene rings is 2. The highest BCUT2D eigenvalue weighted by atomic mass is 19.1. The summed E-state index contributed by atoms with van der Waals surface area (Å²) in [5.41, 5.74) is 0.0423. The molecule has 4 aromatic rings. The van der Waals surface area contributed by atoms with Crippen LogP contribution in [0.3, 0.4) is 0 Å². The number of amides is 2. The smallest absolute Gasteiger partial charge is 0.331 e. The molecule has 0 aliphatic carbocycles. The molecule has 4 atom stereocenters. The van der Waals surface area contributed by atoms with Crippen LogP contribution < -0.4 is 19.3 Å². The van der Waals surface area contributed by atoms with Crippen LogP contribution in [0.2, 0.25) is 0 Å². The first kappa shape index (κ1) is 72.7. The Morgan fingerprint density at radius 2 is 0.968 bits per heavy atom. The third kappa shape index (κ3) is 18.5. The average molecular weight is 1310 g/mol. The minimum absolute atomic E-state index is 0.0513. The van der Waals surface area contributed by atoms with Gasteiger partial charge >= 0.3 is 11.9 Å². The zero-order valence-electron chi connectivity index (χ0n) is 57.6. The molecule has 4 fully saturated rings. The Bertz CT molecular complexity index is 3000. The number of likely N-dealkylation sites (tertiary alicyclic amines) is 2. The predicted octanol–water partition coefficient (Wildman–Crippen LogP) is 7.75. The van der Waals surface area contributed by atoms with Gasteiger partial charge in [-0.2, -0.15) is 0 Å². The second kappa shape index (κ2) is 33.0. The van der Waals surface area contributed by atoms with E-state index in [1.807, 2.05) is 55.6 Å². The van der Waals surface area contributed by atoms with Gasteiger partial charge in [0, 0.05) is 166 Å². The van der Waals surface area contributed by atoms with E-state index < -0.39 is 35.8 Å². The van der Waals surface area contributed by atoms with Crippen molar-refractivity contribution in [3.63, 3.8) is 0 Å². The molecule has 0 radical (unpaired) electrons. The first-order valence-corrected chi connectivity index (χ1v) is 33.2. The predicted molar refractivity (Wildman–Crippen MR) is 352 cm³/mol. The maximum absolute atomic E-state index is 14.7. The monoisotopic (exact) mass is 1310 g/mol. The number of methoxy groups -OCH3 is 2. The molecular formula is C68H100F2N14O10. The van der Waals surface area contributed by atoms with Crippen LogP contribution in [-0.2, 0) is 28.5 Å². The molecular weight excluding hydrogens is 1210 g/mol. The fourth-order valence-corrected chi connectivity index (χ4v) is 13.9. The van der Waals surface area contributed by atoms with Crippen LogP contribution >= 0.6 is 0 Å². The number of likely N-dealkylation sites (N-methyl/N-ethyl adjacent to an activating group) is 2. The molecule has 2 aromatic carbocycles. The van der Waals surface area contributed by atoms with Gasteiger partial charge in [-0.15, -0.1) is 20.4 Å². The third-order valence-electron chi connectivity index (χ3n) is 18.8. The molecule has 516 valence electrons. The van der Waals surface area contributed by atoms with Crippen LogP contribution in [0.5, 0.6) is 23.3 Å². The van der Waals surface area contributed by atoms with E-state index in [4.69, 9.17) is 28.4 Å². The van der Waals surface area contributed by atoms with E-state index in [2.05, 4.69) is 87.5 Å². The number of hydrogen-bond acceptors (Lipinski definition) is 22. The van der Waals surface area contributed by atoms with Crippen molar-refractivity contribution < 1.29 is 56.4 Å². The van der Waals surface area contributed by atoms with Gasteiger partial charge in [0.1, 0.15) is 48.0 Å². The fraction of sp³-hybridized carbons (Fsp3) is 0.647. The largest absolute Gasteiger partial charge is 0.458 e. The van der Waals surface area contributed by atoms with Crippen molar-refractivity contribution in [2.45, 2.75) is 131 Å². The van der Waals surface area contributed by atoms with E-state index >= 15 is 0 Å². The topological polar surface area (TPSA) is 227 Å². The van der Waals surface area contributed by atoms with Crippen LogP contribution in [0.4, 0.5) is 20.4 Å². The summed E-state index contributed by atoms with van der Waals surface area (Å²) in [6.07, 6.45) is 6.89. The lowest BCUT2D eigenvalue weighted by Gasteiger charge is -2.53. The Morgan fingerprint density at radius 3 is 1.31 bits per heavy atom. The molecule has 2 aromatic heterocycles. The summed E-state index contributed by atoms with van der Waals surface area (Å²) in [6.45, 7) is 30.0. The summed E-state index contributed by atoms with van der Waals surface area (Å²) in [6, 6.07) is 7.62. The quantitative estimate of drug-likeness (QED) is 0.0322. The zero-order chi connectivity index (χ0) is 68.0. The number of rotatable bonds is 34. The van der Waals surface area contributed by atoms with Crippen LogP contribution in [0, 0.1) is 34.3 Å². The van der Waals surface area contributed by atoms with E-state index in [9.17, 15) is 28.0 Å². The SMILES string of the molecule is CCN(C(=O)c1cc(F)ccc1Oc1nncnc1N1CCC2(C1)CN([C@H](C[C@@H](CN(C)CCOC)OC(=O)/C=C/C(=O)O[C@@H](C[C@H](C(C)C)N1CC3(CCN(c4ncnnc4Oc4ccc(F)cc4C(=O)N(CC)C(C)C)C3)C1)CN(C)CCOC)C(C)C)C2)C(C)C. The summed E-state index contributed by atoms with van der Waals surface area (Å²) in [4.78, 5) is 81.0. The Balaban J connectivity index is 0.888. The number of halogens is 2. The van der Waals surface area contributed by atoms with Crippen LogP contribution in [-0.4, -0.2) is 253 Å². The number of anilines is 2. The Hall–Kier alpha value is -7.10. The van der Waals surface area contributed by atoms with Crippen molar-refractivity contribution in [1.29, 1.82) is 0 Å². The summed E-state index contributed by atoms with van der Waals surface area (Å²) < 4.78 is 65.2. The first-order chi connectivity index (χ1) is 44.9. The number of hydrogen-bond donors (Lipinski definition) is 0. The number of nitrogens with zero attached hydrogens (tertiary/aromatic N) is 14. The lowest BCUT2D eigenvalue weighted by Crippen LogP contribution is -2.62. The van der Waals surface area contributed by atoms with Gasteiger partial charge in [0.2, 0.25) is 0 Å². The molecule has 8 rings (SSSR count). The summed E-state index contributed by atoms with van der Waals surface area (Å²) in [7, 11) is 7.24. The van der Waals surface area contributed by atoms with Crippen molar-refractivity contribution in [2.75, 3.05) is 143 Å². The van der Waals surface area contributed by atoms with Crippen LogP contribution in [0.1, 0.15) is 116 Å². The molecule has 2 spiro atoms. The highest BCUT2D eigenvalue weighted by Crippen LogP contribution is 2.47. The zero-order valence-corrected chi connectivity index (χ0v) is 57.6. The van der Waals surface area contributed by atoms with E-state index in [0.29, 0.717) is 103 Å². The minimum Gasteiger partial charge on any atom is -0.458 e. The van der Waals surface area contributed by atoms with E-state index in [0.717, 1.165) is 39.0 Å². The molecule has 4 aliphatic heterocycles. The number of carbonyl (C=O) groups is 4. The summed E-state index contributed by atoms with van der Waals surface area (Å²) in [5, 5.41) is 16.6. The molecule has 4 aliphatic rings. The third-order valence-corrected chi connectivity index (χ3v) is 18.8. The molecule has 0 N–H and O–H groups in total. The Morgan fingerprint density at radius 1 is 0.585 bits per heavy atom. The van der Waals surface area contributed by atoms with Gasteiger partial charge in [-0.3, -0.25) is 19.4 Å². The van der Waals surface area contributed by atoms with Gasteiger partial charge in [-0.1, -0.05) is 27.7 Å². The van der Waals surface area contributed by atoms with Gasteiger partial charge < -0.3 is 57.8 Å². The van der Waals surface area contributed by atoms with Crippen molar-refractivity contribution in [2.24, 2.45) is 22.7 Å². The van der Waals surface area contributed by atoms with Crippen LogP contribution in [0.15, 0.2) is 61.2 Å². The second-order valence-corrected chi connectivity index (χ2v) is 27.2. The molecule has 26 heteroatoms. The number of ether oxygens (including phenoxy) is 6. The molecule has 4 saturated heterocycles. The molecule has 6 heterocycles. The van der Waals surface area contributed by atoms with Crippen LogP contribution in [0.25, 0.3) is 0 Å². The standard InChI is InChI=1S/C68H100F2N14O10/c1-15-83(47(7)8)65(87)53-31-49(69)17-19-57(53)93-63-61(71-43-73-75-63)79-25-23-67(37-79)39-81(40-67)55(45(3)4)33-51(35-77(11)27-29-89-13)91-59(85)21-22-60(86)92-52(36-78(12)28-30-90-14)34-56(46(5)6)82-41-68(42-82)24-26-80(38-68)62-64(76-74-44-72-62)94-58-20-18-50(70)32-54(58)66(88)84(16-2)48(9)10/h17-22,31-32,43-48,51-52,55-56H,15-16,23-30,33-42H2,1-14H3/b22-21+/t51-,52-,55+,56+/m0/s1. The molecule has 0 unspecified atom stereocenters. The number of carbonyl (C=O) groups excluding carboxylic acids is 4. The lowest BCUT2D eigenvalue weighted by atomic mass is 9.76. The van der Waals surface area contributed by atoms with E-state index in [-0.39, 0.29) is 93.0 Å². The van der Waals surface area contributed by atoms with Crippen molar-refractivity contribution in [1.82, 2.24) is 59.8 Å². The maximum atomic E-state index is 14.7. The molecule has 24 nitrogen and oxygen atoms in total. The average Bonchev–Trinajstić information content (AvgIpc) is 1.55. The fourth-order valence-electron chi connectivity index (χ4n) is 13.9. The molecule has 94 heavy (non-hydrogen) atoms. The molecule has 0 saturated carbocycles. The van der Waals surface area contributed by atoms with Gasteiger partial charge in [0.25, 0.3) is 23.6 Å². The van der Waals surface area contributed by atoms with Gasteiger partial charge in [-0.25, -0.2) is 28.3 Å². The number of aromatic nitrogens is 6. The molecule has 2 amide bonds.